The van der Waals surface area contributed by atoms with Crippen molar-refractivity contribution >= 4 is 23.5 Å². The fourth-order valence-corrected chi connectivity index (χ4v) is 2.89. The van der Waals surface area contributed by atoms with E-state index in [1.807, 2.05) is 25.7 Å². The van der Waals surface area contributed by atoms with Crippen LogP contribution in [0.2, 0.25) is 0 Å². The number of hydrogen-bond donors (Lipinski definition) is 1. The summed E-state index contributed by atoms with van der Waals surface area (Å²) in [5.74, 6) is 4.12. The Kier molecular flexibility index (Phi) is 3.53. The Hall–Kier alpha value is -0.970. The maximum absolute atomic E-state index is 4.52. The predicted octanol–water partition coefficient (Wildman–Crippen LogP) is 1.77. The van der Waals surface area contributed by atoms with Crippen LogP contribution in [0.4, 0.5) is 11.8 Å². The topological polar surface area (TPSA) is 41.1 Å². The monoisotopic (exact) mass is 238 g/mol. The summed E-state index contributed by atoms with van der Waals surface area (Å²) >= 11 is 2.01. The highest BCUT2D eigenvalue weighted by molar-refractivity contribution is 7.99. The Balaban J connectivity index is 2.27. The number of thioether (sulfide) groups is 1. The van der Waals surface area contributed by atoms with E-state index < -0.39 is 0 Å². The Morgan fingerprint density at radius 3 is 3.00 bits per heavy atom. The Morgan fingerprint density at radius 1 is 1.50 bits per heavy atom. The largest absolute Gasteiger partial charge is 0.357 e. The average Bonchev–Trinajstić information content (AvgIpc) is 2.28. The van der Waals surface area contributed by atoms with Gasteiger partial charge < -0.3 is 10.2 Å². The van der Waals surface area contributed by atoms with Crippen LogP contribution in [0.25, 0.3) is 0 Å². The lowest BCUT2D eigenvalue weighted by Gasteiger charge is -2.34. The van der Waals surface area contributed by atoms with Crippen LogP contribution in [-0.4, -0.2) is 41.1 Å². The molecule has 1 fully saturated rings. The van der Waals surface area contributed by atoms with Crippen LogP contribution in [0.15, 0.2) is 6.07 Å². The minimum atomic E-state index is 0.553. The fraction of sp³-hybridized carbons (Fsp3) is 0.636. The van der Waals surface area contributed by atoms with E-state index in [4.69, 9.17) is 0 Å². The van der Waals surface area contributed by atoms with Crippen molar-refractivity contribution in [2.75, 3.05) is 35.3 Å². The molecule has 2 rings (SSSR count). The van der Waals surface area contributed by atoms with E-state index in [2.05, 4.69) is 33.2 Å². The molecule has 0 saturated carbocycles. The number of rotatable bonds is 2. The van der Waals surface area contributed by atoms with E-state index in [1.165, 1.54) is 11.5 Å². The highest BCUT2D eigenvalue weighted by Crippen LogP contribution is 2.23. The summed E-state index contributed by atoms with van der Waals surface area (Å²) in [4.78, 5) is 11.2. The summed E-state index contributed by atoms with van der Waals surface area (Å²) in [6, 6.07) is 2.62. The molecule has 88 valence electrons. The normalized spacial score (nSPS) is 20.9. The molecule has 0 aliphatic carbocycles. The van der Waals surface area contributed by atoms with Gasteiger partial charge in [0.05, 0.1) is 0 Å². The fourth-order valence-electron chi connectivity index (χ4n) is 1.88. The standard InChI is InChI=1S/C11H18N4S/c1-8-6-10(14-11(12-3)13-8)15-4-5-16-7-9(15)2/h6,9H,4-5,7H2,1-3H3,(H,12,13,14). The zero-order valence-corrected chi connectivity index (χ0v) is 10.8. The molecule has 1 aliphatic heterocycles. The Morgan fingerprint density at radius 2 is 2.31 bits per heavy atom. The van der Waals surface area contributed by atoms with Gasteiger partial charge in [0, 0.05) is 42.9 Å². The first-order valence-corrected chi connectivity index (χ1v) is 6.74. The summed E-state index contributed by atoms with van der Waals surface area (Å²) in [6.45, 7) is 5.34. The summed E-state index contributed by atoms with van der Waals surface area (Å²) < 4.78 is 0. The molecule has 5 heteroatoms. The minimum absolute atomic E-state index is 0.553. The predicted molar refractivity (Wildman–Crippen MR) is 70.4 cm³/mol. The van der Waals surface area contributed by atoms with Gasteiger partial charge in [0.25, 0.3) is 0 Å². The van der Waals surface area contributed by atoms with E-state index >= 15 is 0 Å². The van der Waals surface area contributed by atoms with Crippen molar-refractivity contribution in [3.05, 3.63) is 11.8 Å². The average molecular weight is 238 g/mol. The van der Waals surface area contributed by atoms with Crippen molar-refractivity contribution < 1.29 is 0 Å². The summed E-state index contributed by atoms with van der Waals surface area (Å²) in [6.07, 6.45) is 0. The van der Waals surface area contributed by atoms with E-state index in [1.54, 1.807) is 0 Å². The van der Waals surface area contributed by atoms with Gasteiger partial charge in [-0.1, -0.05) is 0 Å². The van der Waals surface area contributed by atoms with Gasteiger partial charge in [0.15, 0.2) is 0 Å². The number of nitrogens with zero attached hydrogens (tertiary/aromatic N) is 3. The molecular formula is C11H18N4S. The van der Waals surface area contributed by atoms with Crippen LogP contribution in [0.1, 0.15) is 12.6 Å². The highest BCUT2D eigenvalue weighted by Gasteiger charge is 2.20. The number of hydrogen-bond acceptors (Lipinski definition) is 5. The molecule has 1 saturated heterocycles. The Bertz CT molecular complexity index is 369. The van der Waals surface area contributed by atoms with Crippen molar-refractivity contribution in [3.63, 3.8) is 0 Å². The van der Waals surface area contributed by atoms with Crippen molar-refractivity contribution in [1.29, 1.82) is 0 Å². The third kappa shape index (κ3) is 2.40. The molecule has 1 aromatic rings. The van der Waals surface area contributed by atoms with Crippen molar-refractivity contribution in [2.45, 2.75) is 19.9 Å². The third-order valence-electron chi connectivity index (χ3n) is 2.73. The molecule has 0 radical (unpaired) electrons. The third-order valence-corrected chi connectivity index (χ3v) is 3.92. The zero-order chi connectivity index (χ0) is 11.5. The molecule has 0 amide bonds. The van der Waals surface area contributed by atoms with Crippen LogP contribution >= 0.6 is 11.8 Å². The van der Waals surface area contributed by atoms with Crippen LogP contribution in [0.5, 0.6) is 0 Å². The van der Waals surface area contributed by atoms with Gasteiger partial charge in [-0.15, -0.1) is 0 Å². The van der Waals surface area contributed by atoms with Gasteiger partial charge in [0.2, 0.25) is 5.95 Å². The van der Waals surface area contributed by atoms with Gasteiger partial charge >= 0.3 is 0 Å². The lowest BCUT2D eigenvalue weighted by atomic mass is 10.3. The SMILES string of the molecule is CNc1nc(C)cc(N2CCSCC2C)n1. The number of aromatic nitrogens is 2. The van der Waals surface area contributed by atoms with Crippen LogP contribution in [0, 0.1) is 6.92 Å². The quantitative estimate of drug-likeness (QED) is 0.850. The molecule has 1 unspecified atom stereocenters. The lowest BCUT2D eigenvalue weighted by molar-refractivity contribution is 0.688. The molecule has 1 aliphatic rings. The van der Waals surface area contributed by atoms with Gasteiger partial charge in [-0.25, -0.2) is 4.98 Å². The van der Waals surface area contributed by atoms with E-state index in [9.17, 15) is 0 Å². The van der Waals surface area contributed by atoms with Crippen LogP contribution in [0.3, 0.4) is 0 Å². The van der Waals surface area contributed by atoms with Gasteiger partial charge in [-0.05, 0) is 13.8 Å². The van der Waals surface area contributed by atoms with Gasteiger partial charge in [0.1, 0.15) is 5.82 Å². The Labute approximate surface area is 101 Å². The van der Waals surface area contributed by atoms with E-state index in [0.29, 0.717) is 12.0 Å². The van der Waals surface area contributed by atoms with Crippen LogP contribution in [-0.2, 0) is 0 Å². The molecule has 1 aromatic heterocycles. The first-order valence-electron chi connectivity index (χ1n) is 5.58. The highest BCUT2D eigenvalue weighted by atomic mass is 32.2. The molecule has 0 spiro atoms. The van der Waals surface area contributed by atoms with E-state index in [0.717, 1.165) is 18.1 Å². The zero-order valence-electron chi connectivity index (χ0n) is 10.0. The number of nitrogens with one attached hydrogen (secondary N) is 1. The maximum Gasteiger partial charge on any atom is 0.224 e. The van der Waals surface area contributed by atoms with E-state index in [-0.39, 0.29) is 0 Å². The molecule has 0 bridgehead atoms. The number of aryl methyl sites for hydroxylation is 1. The maximum atomic E-state index is 4.52. The molecule has 1 N–H and O–H groups in total. The number of anilines is 2. The first kappa shape index (κ1) is 11.5. The molecule has 16 heavy (non-hydrogen) atoms. The lowest BCUT2D eigenvalue weighted by Crippen LogP contribution is -2.41. The van der Waals surface area contributed by atoms with Gasteiger partial charge in [-0.3, -0.25) is 0 Å². The summed E-state index contributed by atoms with van der Waals surface area (Å²) in [5, 5.41) is 3.01. The van der Waals surface area contributed by atoms with Crippen molar-refractivity contribution in [2.24, 2.45) is 0 Å². The minimum Gasteiger partial charge on any atom is -0.357 e. The summed E-state index contributed by atoms with van der Waals surface area (Å²) in [5.41, 5.74) is 1.01. The molecule has 1 atom stereocenters. The molecular weight excluding hydrogens is 220 g/mol. The van der Waals surface area contributed by atoms with Crippen LogP contribution < -0.4 is 10.2 Å². The molecule has 4 nitrogen and oxygen atoms in total. The molecule has 2 heterocycles. The smallest absolute Gasteiger partial charge is 0.224 e. The molecule has 0 aromatic carbocycles. The van der Waals surface area contributed by atoms with Crippen molar-refractivity contribution in [3.8, 4) is 0 Å². The second-order valence-corrected chi connectivity index (χ2v) is 5.21. The first-order chi connectivity index (χ1) is 7.70. The second kappa shape index (κ2) is 4.91. The second-order valence-electron chi connectivity index (χ2n) is 4.06. The van der Waals surface area contributed by atoms with Crippen molar-refractivity contribution in [1.82, 2.24) is 9.97 Å². The van der Waals surface area contributed by atoms with Gasteiger partial charge in [-0.2, -0.15) is 16.7 Å². The summed E-state index contributed by atoms with van der Waals surface area (Å²) in [7, 11) is 1.86.